The molecule has 1 aromatic carbocycles. The van der Waals surface area contributed by atoms with Crippen LogP contribution in [0.15, 0.2) is 39.9 Å². The first kappa shape index (κ1) is 14.5. The van der Waals surface area contributed by atoms with Gasteiger partial charge >= 0.3 is 0 Å². The van der Waals surface area contributed by atoms with Crippen molar-refractivity contribution in [3.05, 3.63) is 45.4 Å². The number of hydrogen-bond acceptors (Lipinski definition) is 5. The maximum Gasteiger partial charge on any atom is 0.272 e. The van der Waals surface area contributed by atoms with Crippen molar-refractivity contribution >= 4 is 26.7 Å². The van der Waals surface area contributed by atoms with E-state index < -0.39 is 0 Å². The third-order valence-electron chi connectivity index (χ3n) is 3.29. The molecular formula is C15H12BrN3O3. The van der Waals surface area contributed by atoms with E-state index in [0.29, 0.717) is 32.6 Å². The Labute approximate surface area is 134 Å². The highest BCUT2D eigenvalue weighted by molar-refractivity contribution is 9.10. The molecular weight excluding hydrogens is 350 g/mol. The van der Waals surface area contributed by atoms with Crippen LogP contribution in [0, 0.1) is 0 Å². The number of benzene rings is 1. The van der Waals surface area contributed by atoms with Gasteiger partial charge in [-0.1, -0.05) is 0 Å². The molecule has 7 heteroatoms. The number of halogens is 1. The van der Waals surface area contributed by atoms with Gasteiger partial charge < -0.3 is 9.47 Å². The van der Waals surface area contributed by atoms with Crippen LogP contribution in [0.3, 0.4) is 0 Å². The Morgan fingerprint density at radius 1 is 1.09 bits per heavy atom. The van der Waals surface area contributed by atoms with Crippen LogP contribution < -0.4 is 15.0 Å². The molecule has 0 bridgehead atoms. The van der Waals surface area contributed by atoms with Crippen LogP contribution in [0.4, 0.5) is 0 Å². The second-order valence-corrected chi connectivity index (χ2v) is 5.33. The first-order chi connectivity index (χ1) is 10.6. The number of rotatable bonds is 3. The highest BCUT2D eigenvalue weighted by Crippen LogP contribution is 2.34. The molecule has 0 amide bonds. The van der Waals surface area contributed by atoms with Gasteiger partial charge in [0.1, 0.15) is 4.60 Å². The Bertz CT molecular complexity index is 908. The molecule has 0 unspecified atom stereocenters. The molecule has 0 radical (unpaired) electrons. The summed E-state index contributed by atoms with van der Waals surface area (Å²) in [6.07, 6.45) is 1.67. The van der Waals surface area contributed by atoms with E-state index in [9.17, 15) is 4.79 Å². The summed E-state index contributed by atoms with van der Waals surface area (Å²) in [6.45, 7) is 0. The fraction of sp³-hybridized carbons (Fsp3) is 0.133. The van der Waals surface area contributed by atoms with Crippen LogP contribution in [-0.2, 0) is 0 Å². The normalized spacial score (nSPS) is 10.7. The molecule has 0 saturated heterocycles. The first-order valence-corrected chi connectivity index (χ1v) is 7.19. The van der Waals surface area contributed by atoms with E-state index in [1.54, 1.807) is 25.4 Å². The van der Waals surface area contributed by atoms with Crippen LogP contribution in [0.2, 0.25) is 0 Å². The van der Waals surface area contributed by atoms with Crippen LogP contribution >= 0.6 is 15.9 Å². The third-order valence-corrected chi connectivity index (χ3v) is 3.73. The van der Waals surface area contributed by atoms with E-state index in [2.05, 4.69) is 31.1 Å². The minimum absolute atomic E-state index is 0.284. The number of hydrogen-bond donors (Lipinski definition) is 1. The van der Waals surface area contributed by atoms with Crippen molar-refractivity contribution < 1.29 is 9.47 Å². The Balaban J connectivity index is 2.37. The number of fused-ring (bicyclic) bond motifs is 1. The second-order valence-electron chi connectivity index (χ2n) is 4.52. The largest absolute Gasteiger partial charge is 0.493 e. The lowest BCUT2D eigenvalue weighted by Gasteiger charge is -2.11. The Kier molecular flexibility index (Phi) is 3.81. The van der Waals surface area contributed by atoms with Crippen molar-refractivity contribution in [3.63, 3.8) is 0 Å². The number of nitrogens with one attached hydrogen (secondary N) is 1. The van der Waals surface area contributed by atoms with Gasteiger partial charge in [-0.05, 0) is 40.2 Å². The molecule has 0 aliphatic rings. The number of methoxy groups -OCH3 is 2. The molecule has 3 aromatic rings. The lowest BCUT2D eigenvalue weighted by atomic mass is 10.1. The minimum Gasteiger partial charge on any atom is -0.493 e. The summed E-state index contributed by atoms with van der Waals surface area (Å²) in [6, 6.07) is 7.05. The monoisotopic (exact) mass is 361 g/mol. The van der Waals surface area contributed by atoms with E-state index in [-0.39, 0.29) is 5.56 Å². The van der Waals surface area contributed by atoms with Crippen LogP contribution in [0.25, 0.3) is 22.0 Å². The fourth-order valence-corrected chi connectivity index (χ4v) is 2.62. The maximum absolute atomic E-state index is 12.1. The average molecular weight is 362 g/mol. The maximum atomic E-state index is 12.1. The molecule has 2 heterocycles. The quantitative estimate of drug-likeness (QED) is 0.725. The van der Waals surface area contributed by atoms with E-state index in [1.165, 1.54) is 7.11 Å². The molecule has 0 aliphatic heterocycles. The summed E-state index contributed by atoms with van der Waals surface area (Å²) in [5.74, 6) is 1.03. The van der Waals surface area contributed by atoms with E-state index in [4.69, 9.17) is 9.47 Å². The zero-order valence-electron chi connectivity index (χ0n) is 11.9. The van der Waals surface area contributed by atoms with Crippen molar-refractivity contribution in [1.29, 1.82) is 0 Å². The van der Waals surface area contributed by atoms with Crippen molar-refractivity contribution in [1.82, 2.24) is 15.2 Å². The molecule has 1 N–H and O–H groups in total. The third kappa shape index (κ3) is 2.43. The van der Waals surface area contributed by atoms with Gasteiger partial charge in [-0.2, -0.15) is 5.10 Å². The SMILES string of the molecule is COc1cc2c(-c3ccnc(Br)c3)n[nH]c(=O)c2cc1OC. The molecule has 0 saturated carbocycles. The van der Waals surface area contributed by atoms with Gasteiger partial charge in [0.15, 0.2) is 11.5 Å². The number of aromatic nitrogens is 3. The number of nitrogens with zero attached hydrogens (tertiary/aromatic N) is 2. The van der Waals surface area contributed by atoms with Crippen molar-refractivity contribution in [2.24, 2.45) is 0 Å². The molecule has 0 spiro atoms. The Hall–Kier alpha value is -2.41. The van der Waals surface area contributed by atoms with Gasteiger partial charge in [-0.3, -0.25) is 4.79 Å². The molecule has 3 rings (SSSR count). The van der Waals surface area contributed by atoms with Gasteiger partial charge in [-0.25, -0.2) is 10.1 Å². The highest BCUT2D eigenvalue weighted by atomic mass is 79.9. The molecule has 112 valence electrons. The number of ether oxygens (including phenoxy) is 2. The summed E-state index contributed by atoms with van der Waals surface area (Å²) in [4.78, 5) is 16.2. The zero-order valence-corrected chi connectivity index (χ0v) is 13.5. The predicted octanol–water partition coefficient (Wildman–Crippen LogP) is 2.76. The van der Waals surface area contributed by atoms with E-state index in [0.717, 1.165) is 5.56 Å². The summed E-state index contributed by atoms with van der Waals surface area (Å²) in [7, 11) is 3.08. The van der Waals surface area contributed by atoms with Gasteiger partial charge in [0.2, 0.25) is 0 Å². The molecule has 2 aromatic heterocycles. The van der Waals surface area contributed by atoms with Gasteiger partial charge in [0.05, 0.1) is 25.3 Å². The summed E-state index contributed by atoms with van der Waals surface area (Å²) in [5.41, 5.74) is 1.18. The van der Waals surface area contributed by atoms with Gasteiger partial charge in [0, 0.05) is 17.1 Å². The van der Waals surface area contributed by atoms with Crippen molar-refractivity contribution in [2.75, 3.05) is 14.2 Å². The standard InChI is InChI=1S/C15H12BrN3O3/c1-21-11-6-9-10(7-12(11)22-2)15(20)19-18-14(9)8-3-4-17-13(16)5-8/h3-7H,1-2H3,(H,19,20). The van der Waals surface area contributed by atoms with E-state index >= 15 is 0 Å². The number of H-pyrrole nitrogens is 1. The minimum atomic E-state index is -0.284. The predicted molar refractivity (Wildman–Crippen MR) is 86.4 cm³/mol. The summed E-state index contributed by atoms with van der Waals surface area (Å²) in [5, 5.41) is 7.84. The lowest BCUT2D eigenvalue weighted by molar-refractivity contribution is 0.356. The summed E-state index contributed by atoms with van der Waals surface area (Å²) >= 11 is 3.33. The van der Waals surface area contributed by atoms with E-state index in [1.807, 2.05) is 12.1 Å². The molecule has 22 heavy (non-hydrogen) atoms. The van der Waals surface area contributed by atoms with Crippen molar-refractivity contribution in [3.8, 4) is 22.8 Å². The fourth-order valence-electron chi connectivity index (χ4n) is 2.26. The van der Waals surface area contributed by atoms with Crippen molar-refractivity contribution in [2.45, 2.75) is 0 Å². The Morgan fingerprint density at radius 2 is 1.77 bits per heavy atom. The molecule has 0 fully saturated rings. The van der Waals surface area contributed by atoms with Crippen LogP contribution in [0.1, 0.15) is 0 Å². The van der Waals surface area contributed by atoms with Crippen LogP contribution in [0.5, 0.6) is 11.5 Å². The highest BCUT2D eigenvalue weighted by Gasteiger charge is 2.14. The Morgan fingerprint density at radius 3 is 2.41 bits per heavy atom. The first-order valence-electron chi connectivity index (χ1n) is 6.40. The zero-order chi connectivity index (χ0) is 15.7. The molecule has 0 atom stereocenters. The number of aromatic amines is 1. The lowest BCUT2D eigenvalue weighted by Crippen LogP contribution is -2.10. The topological polar surface area (TPSA) is 77.1 Å². The number of pyridine rings is 1. The average Bonchev–Trinajstić information content (AvgIpc) is 2.54. The van der Waals surface area contributed by atoms with Crippen LogP contribution in [-0.4, -0.2) is 29.4 Å². The van der Waals surface area contributed by atoms with Gasteiger partial charge in [0.25, 0.3) is 5.56 Å². The molecule has 6 nitrogen and oxygen atoms in total. The molecule has 0 aliphatic carbocycles. The van der Waals surface area contributed by atoms with Gasteiger partial charge in [-0.15, -0.1) is 0 Å². The smallest absolute Gasteiger partial charge is 0.272 e. The summed E-state index contributed by atoms with van der Waals surface area (Å²) < 4.78 is 11.2. The second kappa shape index (κ2) is 5.76.